The topological polar surface area (TPSA) is 138 Å². The zero-order valence-corrected chi connectivity index (χ0v) is 27.9. The second kappa shape index (κ2) is 14.7. The van der Waals surface area contributed by atoms with Crippen molar-refractivity contribution in [2.24, 2.45) is 0 Å². The number of nitro groups is 1. The molecule has 0 atom stereocenters. The van der Waals surface area contributed by atoms with Gasteiger partial charge in [0.05, 0.1) is 43.6 Å². The summed E-state index contributed by atoms with van der Waals surface area (Å²) in [6, 6.07) is 21.5. The van der Waals surface area contributed by atoms with Gasteiger partial charge in [-0.3, -0.25) is 19.2 Å². The first-order valence-corrected chi connectivity index (χ1v) is 16.7. The molecule has 0 saturated carbocycles. The second-order valence-corrected chi connectivity index (χ2v) is 12.9. The Morgan fingerprint density at radius 3 is 2.42 bits per heavy atom. The molecule has 0 spiro atoms. The molecule has 48 heavy (non-hydrogen) atoms. The van der Waals surface area contributed by atoms with Gasteiger partial charge in [-0.05, 0) is 85.0 Å². The average Bonchev–Trinajstić information content (AvgIpc) is 3.46. The van der Waals surface area contributed by atoms with Crippen molar-refractivity contribution in [1.82, 2.24) is 0 Å². The van der Waals surface area contributed by atoms with Gasteiger partial charge in [-0.15, -0.1) is 0 Å². The van der Waals surface area contributed by atoms with Crippen LogP contribution in [0.5, 0.6) is 5.75 Å². The number of esters is 1. The molecule has 250 valence electrons. The first kappa shape index (κ1) is 34.1. The van der Waals surface area contributed by atoms with Crippen LogP contribution in [0.2, 0.25) is 0 Å². The highest BCUT2D eigenvalue weighted by Crippen LogP contribution is 2.36. The number of nitro benzene ring substituents is 1. The molecular formula is C36H36N2O9S. The number of sulfonamides is 1. The van der Waals surface area contributed by atoms with Gasteiger partial charge in [0.2, 0.25) is 0 Å². The summed E-state index contributed by atoms with van der Waals surface area (Å²) in [7, 11) is -3.18. The van der Waals surface area contributed by atoms with E-state index in [1.54, 1.807) is 24.3 Å². The quantitative estimate of drug-likeness (QED) is 0.0521. The van der Waals surface area contributed by atoms with E-state index in [-0.39, 0.29) is 18.7 Å². The molecule has 0 bridgehead atoms. The molecule has 0 aliphatic carbocycles. The Morgan fingerprint density at radius 2 is 1.71 bits per heavy atom. The summed E-state index contributed by atoms with van der Waals surface area (Å²) in [6.07, 6.45) is 1.41. The minimum Gasteiger partial charge on any atom is -0.491 e. The van der Waals surface area contributed by atoms with Crippen molar-refractivity contribution in [2.45, 2.75) is 38.6 Å². The van der Waals surface area contributed by atoms with Crippen molar-refractivity contribution in [3.8, 4) is 16.9 Å². The van der Waals surface area contributed by atoms with Crippen LogP contribution in [-0.4, -0.2) is 46.2 Å². The van der Waals surface area contributed by atoms with Crippen molar-refractivity contribution in [3.63, 3.8) is 0 Å². The van der Waals surface area contributed by atoms with Gasteiger partial charge in [-0.25, -0.2) is 8.42 Å². The van der Waals surface area contributed by atoms with Gasteiger partial charge in [0.15, 0.2) is 4.90 Å². The summed E-state index contributed by atoms with van der Waals surface area (Å²) in [5.74, 6) is 0.283. The maximum Gasteiger partial charge on any atom is 0.310 e. The molecule has 1 heterocycles. The lowest BCUT2D eigenvalue weighted by molar-refractivity contribution is -0.387. The predicted molar refractivity (Wildman–Crippen MR) is 182 cm³/mol. The average molecular weight is 673 g/mol. The van der Waals surface area contributed by atoms with Crippen molar-refractivity contribution in [3.05, 3.63) is 117 Å². The number of ether oxygens (including phenoxy) is 3. The van der Waals surface area contributed by atoms with Crippen molar-refractivity contribution in [1.29, 1.82) is 0 Å². The van der Waals surface area contributed by atoms with E-state index in [4.69, 9.17) is 18.6 Å². The Morgan fingerprint density at radius 1 is 0.958 bits per heavy atom. The van der Waals surface area contributed by atoms with E-state index in [2.05, 4.69) is 0 Å². The number of para-hydroxylation sites is 1. The highest BCUT2D eigenvalue weighted by molar-refractivity contribution is 7.93. The van der Waals surface area contributed by atoms with Crippen LogP contribution in [0.1, 0.15) is 29.2 Å². The zero-order valence-electron chi connectivity index (χ0n) is 27.1. The molecule has 0 aliphatic heterocycles. The third-order valence-electron chi connectivity index (χ3n) is 7.87. The third kappa shape index (κ3) is 7.35. The SMILES string of the molecule is CCOCCOc1cc(C)c(-c2cccc(CN(c3ccc4c(CC(=O)OC)coc4c3)S(=O)(=O)c3ccccc3[N+](=O)[O-])c2)c(C)c1. The minimum atomic E-state index is -4.48. The summed E-state index contributed by atoms with van der Waals surface area (Å²) in [5, 5.41) is 12.5. The highest BCUT2D eigenvalue weighted by atomic mass is 32.2. The van der Waals surface area contributed by atoms with Crippen LogP contribution < -0.4 is 9.04 Å². The number of carbonyl (C=O) groups is 1. The van der Waals surface area contributed by atoms with E-state index >= 15 is 0 Å². The van der Waals surface area contributed by atoms with E-state index in [9.17, 15) is 23.3 Å². The maximum absolute atomic E-state index is 14.3. The number of anilines is 1. The molecule has 5 aromatic rings. The molecule has 0 N–H and O–H groups in total. The monoisotopic (exact) mass is 672 g/mol. The number of fused-ring (bicyclic) bond motifs is 1. The molecule has 11 nitrogen and oxygen atoms in total. The van der Waals surface area contributed by atoms with Crippen molar-refractivity contribution < 1.29 is 36.8 Å². The van der Waals surface area contributed by atoms with Crippen LogP contribution in [0, 0.1) is 24.0 Å². The lowest BCUT2D eigenvalue weighted by Gasteiger charge is -2.25. The largest absolute Gasteiger partial charge is 0.491 e. The summed E-state index contributed by atoms with van der Waals surface area (Å²) in [4.78, 5) is 22.7. The van der Waals surface area contributed by atoms with Gasteiger partial charge in [0.25, 0.3) is 15.7 Å². The summed E-state index contributed by atoms with van der Waals surface area (Å²) in [6.45, 7) is 7.31. The van der Waals surface area contributed by atoms with E-state index < -0.39 is 31.5 Å². The molecule has 0 fully saturated rings. The molecule has 0 amide bonds. The lowest BCUT2D eigenvalue weighted by atomic mass is 9.94. The lowest BCUT2D eigenvalue weighted by Crippen LogP contribution is -2.31. The standard InChI is InChI=1S/C36H36N2O9S/c1-5-45-15-16-46-30-17-24(2)36(25(3)18-30)27-10-8-9-26(19-27)22-37(48(42,43)34-12-7-6-11-32(34)38(40)41)29-13-14-31-28(20-35(39)44-4)23-47-33(31)21-29/h6-14,17-19,21,23H,5,15-16,20,22H2,1-4H3. The number of carbonyl (C=O) groups excluding carboxylic acids is 1. The number of furan rings is 1. The summed E-state index contributed by atoms with van der Waals surface area (Å²) < 4.78 is 51.5. The van der Waals surface area contributed by atoms with E-state index in [1.807, 2.05) is 51.1 Å². The third-order valence-corrected chi connectivity index (χ3v) is 9.69. The van der Waals surface area contributed by atoms with Crippen LogP contribution in [0.3, 0.4) is 0 Å². The summed E-state index contributed by atoms with van der Waals surface area (Å²) >= 11 is 0. The fourth-order valence-electron chi connectivity index (χ4n) is 5.67. The smallest absolute Gasteiger partial charge is 0.310 e. The number of aryl methyl sites for hydroxylation is 2. The molecule has 0 saturated heterocycles. The maximum atomic E-state index is 14.3. The fraction of sp³-hybridized carbons (Fsp3) is 0.250. The Labute approximate surface area is 278 Å². The van der Waals surface area contributed by atoms with Crippen LogP contribution in [0.15, 0.2) is 94.4 Å². The van der Waals surface area contributed by atoms with Crippen molar-refractivity contribution >= 4 is 38.3 Å². The van der Waals surface area contributed by atoms with E-state index in [1.165, 1.54) is 31.6 Å². The van der Waals surface area contributed by atoms with Gasteiger partial charge in [0.1, 0.15) is 17.9 Å². The van der Waals surface area contributed by atoms with Gasteiger partial charge in [0, 0.05) is 29.7 Å². The Bertz CT molecular complexity index is 2050. The molecule has 12 heteroatoms. The number of methoxy groups -OCH3 is 1. The molecular weight excluding hydrogens is 636 g/mol. The summed E-state index contributed by atoms with van der Waals surface area (Å²) in [5.41, 5.74) is 5.09. The van der Waals surface area contributed by atoms with Crippen LogP contribution in [0.25, 0.3) is 22.1 Å². The fourth-order valence-corrected chi connectivity index (χ4v) is 7.27. The minimum absolute atomic E-state index is 0.0208. The number of benzene rings is 4. The van der Waals surface area contributed by atoms with E-state index in [0.717, 1.165) is 38.4 Å². The Hall–Kier alpha value is -5.20. The zero-order chi connectivity index (χ0) is 34.4. The van der Waals surface area contributed by atoms with Gasteiger partial charge in [-0.2, -0.15) is 0 Å². The molecule has 4 aromatic carbocycles. The first-order chi connectivity index (χ1) is 23.0. The highest BCUT2D eigenvalue weighted by Gasteiger charge is 2.32. The molecule has 5 rings (SSSR count). The molecule has 0 radical (unpaired) electrons. The van der Waals surface area contributed by atoms with Crippen molar-refractivity contribution in [2.75, 3.05) is 31.2 Å². The molecule has 0 unspecified atom stereocenters. The number of hydrogen-bond donors (Lipinski definition) is 0. The van der Waals surface area contributed by atoms with Gasteiger partial charge < -0.3 is 18.6 Å². The van der Waals surface area contributed by atoms with Crippen LogP contribution >= 0.6 is 0 Å². The van der Waals surface area contributed by atoms with E-state index in [0.29, 0.717) is 41.9 Å². The molecule has 0 aliphatic rings. The van der Waals surface area contributed by atoms with Crippen LogP contribution in [-0.2, 0) is 37.3 Å². The molecule has 1 aromatic heterocycles. The van der Waals surface area contributed by atoms with Gasteiger partial charge >= 0.3 is 5.97 Å². The predicted octanol–water partition coefficient (Wildman–Crippen LogP) is 7.15. The normalized spacial score (nSPS) is 11.4. The first-order valence-electron chi connectivity index (χ1n) is 15.3. The Kier molecular flexibility index (Phi) is 10.5. The second-order valence-electron chi connectivity index (χ2n) is 11.1. The van der Waals surface area contributed by atoms with Gasteiger partial charge in [-0.1, -0.05) is 30.3 Å². The number of rotatable bonds is 14. The Balaban J connectivity index is 1.55. The number of hydrogen-bond acceptors (Lipinski definition) is 9. The number of nitrogens with zero attached hydrogens (tertiary/aromatic N) is 2. The van der Waals surface area contributed by atoms with Crippen LogP contribution in [0.4, 0.5) is 11.4 Å².